The molecular weight excluding hydrogens is 330 g/mol. The lowest BCUT2D eigenvalue weighted by Gasteiger charge is -2.14. The quantitative estimate of drug-likeness (QED) is 0.864. The number of hydrogen-bond donors (Lipinski definition) is 1. The molecule has 0 fully saturated rings. The number of nitrogens with one attached hydrogen (secondary N) is 1. The number of benzene rings is 1. The zero-order chi connectivity index (χ0) is 15.4. The Labute approximate surface area is 134 Å². The molecule has 0 radical (unpaired) electrons. The van der Waals surface area contributed by atoms with Gasteiger partial charge in [-0.25, -0.2) is 0 Å². The average molecular weight is 352 g/mol. The van der Waals surface area contributed by atoms with Crippen LogP contribution in [0.15, 0.2) is 28.7 Å². The van der Waals surface area contributed by atoms with E-state index in [1.807, 2.05) is 36.9 Å². The van der Waals surface area contributed by atoms with Gasteiger partial charge in [-0.1, -0.05) is 32.0 Å². The Morgan fingerprint density at radius 2 is 2.05 bits per heavy atom. The topological polar surface area (TPSA) is 39.1 Å². The zero-order valence-electron chi connectivity index (χ0n) is 13.0. The Hall–Kier alpha value is -1.33. The summed E-state index contributed by atoms with van der Waals surface area (Å²) in [7, 11) is 1.93. The molecule has 1 aromatic carbocycles. The average Bonchev–Trinajstić information content (AvgIpc) is 2.69. The lowest BCUT2D eigenvalue weighted by Crippen LogP contribution is -2.22. The van der Waals surface area contributed by atoms with E-state index in [9.17, 15) is 0 Å². The van der Waals surface area contributed by atoms with E-state index in [-0.39, 0.29) is 0 Å². The van der Waals surface area contributed by atoms with Gasteiger partial charge in [-0.05, 0) is 28.9 Å². The molecule has 0 aliphatic heterocycles. The Morgan fingerprint density at radius 3 is 2.67 bits per heavy atom. The predicted octanol–water partition coefficient (Wildman–Crippen LogP) is 3.57. The van der Waals surface area contributed by atoms with Crippen LogP contribution in [-0.2, 0) is 20.2 Å². The summed E-state index contributed by atoms with van der Waals surface area (Å²) in [5, 5.41) is 7.80. The van der Waals surface area contributed by atoms with E-state index < -0.39 is 0 Å². The molecule has 0 aliphatic carbocycles. The third-order valence-corrected chi connectivity index (χ3v) is 4.33. The Kier molecular flexibility index (Phi) is 5.42. The number of para-hydroxylation sites is 1. The van der Waals surface area contributed by atoms with E-state index in [4.69, 9.17) is 4.74 Å². The number of halogens is 1. The van der Waals surface area contributed by atoms with Crippen LogP contribution < -0.4 is 10.1 Å². The second-order valence-corrected chi connectivity index (χ2v) is 6.19. The van der Waals surface area contributed by atoms with Crippen LogP contribution in [0.25, 0.3) is 0 Å². The molecule has 0 saturated carbocycles. The smallest absolute Gasteiger partial charge is 0.131 e. The van der Waals surface area contributed by atoms with Crippen LogP contribution in [0.3, 0.4) is 0 Å². The van der Waals surface area contributed by atoms with Crippen LogP contribution in [0.1, 0.15) is 30.8 Å². The third-order valence-electron chi connectivity index (χ3n) is 3.30. The van der Waals surface area contributed by atoms with Gasteiger partial charge in [0.25, 0.3) is 0 Å². The van der Waals surface area contributed by atoms with Crippen molar-refractivity contribution in [2.24, 2.45) is 7.05 Å². The Balaban J connectivity index is 2.09. The number of ether oxygens (including phenoxy) is 1. The maximum Gasteiger partial charge on any atom is 0.131 e. The van der Waals surface area contributed by atoms with Crippen molar-refractivity contribution in [3.05, 3.63) is 45.7 Å². The molecular formula is C16H22BrN3O. The fourth-order valence-electron chi connectivity index (χ4n) is 2.09. The minimum atomic E-state index is 0.451. The largest absolute Gasteiger partial charge is 0.487 e. The van der Waals surface area contributed by atoms with Gasteiger partial charge in [0.15, 0.2) is 0 Å². The monoisotopic (exact) mass is 351 g/mol. The van der Waals surface area contributed by atoms with E-state index in [0.717, 1.165) is 28.2 Å². The van der Waals surface area contributed by atoms with Crippen molar-refractivity contribution in [3.63, 3.8) is 0 Å². The lowest BCUT2D eigenvalue weighted by atomic mass is 10.2. The van der Waals surface area contributed by atoms with E-state index in [2.05, 4.69) is 46.3 Å². The molecule has 0 bridgehead atoms. The first-order chi connectivity index (χ1) is 9.99. The fraction of sp³-hybridized carbons (Fsp3) is 0.438. The molecule has 21 heavy (non-hydrogen) atoms. The summed E-state index contributed by atoms with van der Waals surface area (Å²) in [6, 6.07) is 8.58. The predicted molar refractivity (Wildman–Crippen MR) is 88.4 cm³/mol. The summed E-state index contributed by atoms with van der Waals surface area (Å²) in [6.07, 6.45) is 0. The summed E-state index contributed by atoms with van der Waals surface area (Å²) in [4.78, 5) is 0. The van der Waals surface area contributed by atoms with Crippen molar-refractivity contribution in [2.75, 3.05) is 0 Å². The van der Waals surface area contributed by atoms with Gasteiger partial charge in [-0.2, -0.15) is 5.10 Å². The molecule has 0 aliphatic rings. The molecule has 5 heteroatoms. The second kappa shape index (κ2) is 7.09. The summed E-state index contributed by atoms with van der Waals surface area (Å²) < 4.78 is 8.87. The number of aryl methyl sites for hydroxylation is 2. The lowest BCUT2D eigenvalue weighted by molar-refractivity contribution is 0.290. The van der Waals surface area contributed by atoms with Gasteiger partial charge in [-0.15, -0.1) is 0 Å². The van der Waals surface area contributed by atoms with E-state index in [1.165, 1.54) is 5.56 Å². The number of aromatic nitrogens is 2. The summed E-state index contributed by atoms with van der Waals surface area (Å²) in [5.74, 6) is 0.913. The molecule has 4 nitrogen and oxygen atoms in total. The molecule has 1 aromatic heterocycles. The Morgan fingerprint density at radius 1 is 1.33 bits per heavy atom. The highest BCUT2D eigenvalue weighted by Crippen LogP contribution is 2.24. The van der Waals surface area contributed by atoms with Crippen molar-refractivity contribution in [1.82, 2.24) is 15.1 Å². The fourth-order valence-corrected chi connectivity index (χ4v) is 2.54. The third kappa shape index (κ3) is 4.08. The standard InChI is InChI=1S/C16H22BrN3O/c1-11(2)18-9-13-7-5-6-8-15(13)21-10-14-16(17)12(3)19-20(14)4/h5-8,11,18H,9-10H2,1-4H3. The van der Waals surface area contributed by atoms with Gasteiger partial charge in [0, 0.05) is 25.2 Å². The Bertz CT molecular complexity index is 608. The van der Waals surface area contributed by atoms with Crippen LogP contribution in [-0.4, -0.2) is 15.8 Å². The van der Waals surface area contributed by atoms with Crippen molar-refractivity contribution in [1.29, 1.82) is 0 Å². The summed E-state index contributed by atoms with van der Waals surface area (Å²) >= 11 is 3.57. The minimum absolute atomic E-state index is 0.451. The van der Waals surface area contributed by atoms with Gasteiger partial charge < -0.3 is 10.1 Å². The maximum absolute atomic E-state index is 6.00. The van der Waals surface area contributed by atoms with E-state index in [1.54, 1.807) is 0 Å². The molecule has 114 valence electrons. The first kappa shape index (κ1) is 16.0. The summed E-state index contributed by atoms with van der Waals surface area (Å²) in [5.41, 5.74) is 3.19. The zero-order valence-corrected chi connectivity index (χ0v) is 14.6. The van der Waals surface area contributed by atoms with Crippen molar-refractivity contribution in [2.45, 2.75) is 40.0 Å². The van der Waals surface area contributed by atoms with Gasteiger partial charge in [0.05, 0.1) is 15.9 Å². The number of rotatable bonds is 6. The molecule has 1 N–H and O–H groups in total. The molecule has 0 amide bonds. The molecule has 0 unspecified atom stereocenters. The van der Waals surface area contributed by atoms with Crippen LogP contribution in [0.5, 0.6) is 5.75 Å². The molecule has 0 atom stereocenters. The molecule has 2 aromatic rings. The highest BCUT2D eigenvalue weighted by molar-refractivity contribution is 9.10. The number of hydrogen-bond acceptors (Lipinski definition) is 3. The molecule has 0 spiro atoms. The summed E-state index contributed by atoms with van der Waals surface area (Å²) in [6.45, 7) is 7.56. The minimum Gasteiger partial charge on any atom is -0.487 e. The highest BCUT2D eigenvalue weighted by Gasteiger charge is 2.12. The first-order valence-corrected chi connectivity index (χ1v) is 7.90. The van der Waals surface area contributed by atoms with E-state index in [0.29, 0.717) is 12.6 Å². The van der Waals surface area contributed by atoms with Crippen molar-refractivity contribution < 1.29 is 4.74 Å². The molecule has 0 saturated heterocycles. The van der Waals surface area contributed by atoms with Crippen LogP contribution in [0, 0.1) is 6.92 Å². The van der Waals surface area contributed by atoms with Gasteiger partial charge in [0.2, 0.25) is 0 Å². The van der Waals surface area contributed by atoms with Gasteiger partial charge >= 0.3 is 0 Å². The van der Waals surface area contributed by atoms with Gasteiger partial charge in [-0.3, -0.25) is 4.68 Å². The van der Waals surface area contributed by atoms with Crippen molar-refractivity contribution in [3.8, 4) is 5.75 Å². The van der Waals surface area contributed by atoms with E-state index >= 15 is 0 Å². The molecule has 2 rings (SSSR count). The van der Waals surface area contributed by atoms with Gasteiger partial charge in [0.1, 0.15) is 12.4 Å². The first-order valence-electron chi connectivity index (χ1n) is 7.11. The second-order valence-electron chi connectivity index (χ2n) is 5.40. The van der Waals surface area contributed by atoms with Crippen LogP contribution >= 0.6 is 15.9 Å². The van der Waals surface area contributed by atoms with Crippen LogP contribution in [0.2, 0.25) is 0 Å². The normalized spacial score (nSPS) is 11.1. The van der Waals surface area contributed by atoms with Crippen LogP contribution in [0.4, 0.5) is 0 Å². The van der Waals surface area contributed by atoms with Crippen molar-refractivity contribution >= 4 is 15.9 Å². The molecule has 1 heterocycles. The SMILES string of the molecule is Cc1nn(C)c(COc2ccccc2CNC(C)C)c1Br. The maximum atomic E-state index is 6.00. The number of nitrogens with zero attached hydrogens (tertiary/aromatic N) is 2. The highest BCUT2D eigenvalue weighted by atomic mass is 79.9.